The Bertz CT molecular complexity index is 737. The lowest BCUT2D eigenvalue weighted by molar-refractivity contribution is -0.129. The molecule has 0 spiro atoms. The topological polar surface area (TPSA) is 58.2 Å². The number of hydrogen-bond donors (Lipinski definition) is 2. The molecule has 0 aliphatic carbocycles. The Morgan fingerprint density at radius 2 is 1.60 bits per heavy atom. The van der Waals surface area contributed by atoms with Crippen LogP contribution in [0.4, 0.5) is 4.39 Å². The molecule has 0 radical (unpaired) electrons. The van der Waals surface area contributed by atoms with Crippen LogP contribution in [0.5, 0.6) is 0 Å². The molecule has 132 valence electrons. The zero-order valence-corrected chi connectivity index (χ0v) is 14.5. The van der Waals surface area contributed by atoms with Gasteiger partial charge in [0.05, 0.1) is 0 Å². The molecule has 0 unspecified atom stereocenters. The number of amides is 2. The van der Waals surface area contributed by atoms with E-state index in [0.29, 0.717) is 30.0 Å². The smallest absolute Gasteiger partial charge is 0.229 e. The maximum Gasteiger partial charge on any atom is 0.229 e. The van der Waals surface area contributed by atoms with Crippen LogP contribution in [-0.4, -0.2) is 24.9 Å². The molecule has 25 heavy (non-hydrogen) atoms. The molecule has 6 heteroatoms. The average molecular weight is 363 g/mol. The van der Waals surface area contributed by atoms with Crippen molar-refractivity contribution in [3.05, 3.63) is 70.5 Å². The second-order valence-corrected chi connectivity index (χ2v) is 6.03. The number of carbonyl (C=O) groups is 2. The van der Waals surface area contributed by atoms with Gasteiger partial charge < -0.3 is 10.6 Å². The molecule has 0 saturated heterocycles. The van der Waals surface area contributed by atoms with E-state index < -0.39 is 0 Å². The fraction of sp³-hybridized carbons (Fsp3) is 0.263. The second-order valence-electron chi connectivity index (χ2n) is 5.60. The molecule has 2 aromatic carbocycles. The Balaban J connectivity index is 1.63. The largest absolute Gasteiger partial charge is 0.355 e. The first-order valence-electron chi connectivity index (χ1n) is 8.06. The van der Waals surface area contributed by atoms with E-state index in [4.69, 9.17) is 11.6 Å². The summed E-state index contributed by atoms with van der Waals surface area (Å²) in [6, 6.07) is 13.8. The van der Waals surface area contributed by atoms with E-state index in [0.717, 1.165) is 5.56 Å². The van der Waals surface area contributed by atoms with Gasteiger partial charge in [0.2, 0.25) is 11.8 Å². The maximum atomic E-state index is 13.4. The maximum absolute atomic E-state index is 13.4. The van der Waals surface area contributed by atoms with E-state index in [2.05, 4.69) is 10.6 Å². The van der Waals surface area contributed by atoms with E-state index in [1.807, 2.05) is 18.2 Å². The SMILES string of the molecule is O=C(CC(=O)NCCc1ccccc1F)NCCc1cccc(Cl)c1. The van der Waals surface area contributed by atoms with Crippen LogP contribution in [0, 0.1) is 5.82 Å². The van der Waals surface area contributed by atoms with Crippen LogP contribution in [0.25, 0.3) is 0 Å². The highest BCUT2D eigenvalue weighted by Gasteiger charge is 2.09. The van der Waals surface area contributed by atoms with Crippen LogP contribution < -0.4 is 10.6 Å². The highest BCUT2D eigenvalue weighted by atomic mass is 35.5. The number of nitrogens with one attached hydrogen (secondary N) is 2. The van der Waals surface area contributed by atoms with E-state index >= 15 is 0 Å². The van der Waals surface area contributed by atoms with Gasteiger partial charge in [-0.05, 0) is 42.2 Å². The lowest BCUT2D eigenvalue weighted by Gasteiger charge is -2.07. The van der Waals surface area contributed by atoms with Crippen molar-refractivity contribution < 1.29 is 14.0 Å². The summed E-state index contributed by atoms with van der Waals surface area (Å²) in [7, 11) is 0. The summed E-state index contributed by atoms with van der Waals surface area (Å²) in [6.07, 6.45) is 0.781. The zero-order valence-electron chi connectivity index (χ0n) is 13.7. The molecular formula is C19H20ClFN2O2. The van der Waals surface area contributed by atoms with Crippen molar-refractivity contribution >= 4 is 23.4 Å². The Kier molecular flexibility index (Phi) is 7.41. The van der Waals surface area contributed by atoms with Crippen molar-refractivity contribution in [3.63, 3.8) is 0 Å². The lowest BCUT2D eigenvalue weighted by Crippen LogP contribution is -2.33. The summed E-state index contributed by atoms with van der Waals surface area (Å²) in [6.45, 7) is 0.719. The molecule has 0 aliphatic rings. The fourth-order valence-corrected chi connectivity index (χ4v) is 2.56. The van der Waals surface area contributed by atoms with Gasteiger partial charge >= 0.3 is 0 Å². The van der Waals surface area contributed by atoms with Crippen LogP contribution in [0.3, 0.4) is 0 Å². The summed E-state index contributed by atoms with van der Waals surface area (Å²) in [5.74, 6) is -1.02. The summed E-state index contributed by atoms with van der Waals surface area (Å²) in [5, 5.41) is 5.97. The predicted molar refractivity (Wildman–Crippen MR) is 95.9 cm³/mol. The molecule has 0 aromatic heterocycles. The molecule has 4 nitrogen and oxygen atoms in total. The normalized spacial score (nSPS) is 10.3. The van der Waals surface area contributed by atoms with Gasteiger partial charge in [-0.3, -0.25) is 9.59 Å². The van der Waals surface area contributed by atoms with E-state index in [1.54, 1.807) is 24.3 Å². The van der Waals surface area contributed by atoms with E-state index in [-0.39, 0.29) is 30.6 Å². The molecule has 2 rings (SSSR count). The molecular weight excluding hydrogens is 343 g/mol. The van der Waals surface area contributed by atoms with Crippen LogP contribution in [0.15, 0.2) is 48.5 Å². The van der Waals surface area contributed by atoms with Crippen molar-refractivity contribution in [2.45, 2.75) is 19.3 Å². The monoisotopic (exact) mass is 362 g/mol. The lowest BCUT2D eigenvalue weighted by atomic mass is 10.1. The quantitative estimate of drug-likeness (QED) is 0.709. The van der Waals surface area contributed by atoms with E-state index in [9.17, 15) is 14.0 Å². The first kappa shape index (κ1) is 18.9. The molecule has 2 aromatic rings. The Labute approximate surface area is 151 Å². The molecule has 0 bridgehead atoms. The average Bonchev–Trinajstić information content (AvgIpc) is 2.56. The third kappa shape index (κ3) is 6.93. The number of hydrogen-bond acceptors (Lipinski definition) is 2. The summed E-state index contributed by atoms with van der Waals surface area (Å²) < 4.78 is 13.4. The minimum absolute atomic E-state index is 0.243. The van der Waals surface area contributed by atoms with Gasteiger partial charge in [0.25, 0.3) is 0 Å². The van der Waals surface area contributed by atoms with Gasteiger partial charge in [-0.25, -0.2) is 4.39 Å². The predicted octanol–water partition coefficient (Wildman–Crippen LogP) is 2.89. The zero-order chi connectivity index (χ0) is 18.1. The van der Waals surface area contributed by atoms with Gasteiger partial charge in [-0.2, -0.15) is 0 Å². The number of halogens is 2. The Hall–Kier alpha value is -2.40. The summed E-state index contributed by atoms with van der Waals surface area (Å²) in [4.78, 5) is 23.5. The van der Waals surface area contributed by atoms with Crippen LogP contribution in [0.2, 0.25) is 5.02 Å². The van der Waals surface area contributed by atoms with Gasteiger partial charge in [-0.15, -0.1) is 0 Å². The van der Waals surface area contributed by atoms with Crippen molar-refractivity contribution in [2.24, 2.45) is 0 Å². The Morgan fingerprint density at radius 1 is 0.920 bits per heavy atom. The van der Waals surface area contributed by atoms with Crippen LogP contribution in [-0.2, 0) is 22.4 Å². The molecule has 0 heterocycles. The van der Waals surface area contributed by atoms with Crippen molar-refractivity contribution in [3.8, 4) is 0 Å². The Morgan fingerprint density at radius 3 is 2.28 bits per heavy atom. The van der Waals surface area contributed by atoms with Crippen molar-refractivity contribution in [1.82, 2.24) is 10.6 Å². The summed E-state index contributed by atoms with van der Waals surface area (Å²) in [5.41, 5.74) is 1.55. The highest BCUT2D eigenvalue weighted by molar-refractivity contribution is 6.30. The van der Waals surface area contributed by atoms with Gasteiger partial charge in [0.1, 0.15) is 12.2 Å². The second kappa shape index (κ2) is 9.79. The first-order valence-corrected chi connectivity index (χ1v) is 8.43. The third-order valence-electron chi connectivity index (χ3n) is 3.62. The van der Waals surface area contributed by atoms with Crippen molar-refractivity contribution in [2.75, 3.05) is 13.1 Å². The molecule has 2 amide bonds. The standard InChI is InChI=1S/C19H20ClFN2O2/c20-16-6-3-4-14(12-16)8-10-22-18(24)13-19(25)23-11-9-15-5-1-2-7-17(15)21/h1-7,12H,8-11,13H2,(H,22,24)(H,23,25). The van der Waals surface area contributed by atoms with Crippen molar-refractivity contribution in [1.29, 1.82) is 0 Å². The molecule has 0 saturated carbocycles. The summed E-state index contributed by atoms with van der Waals surface area (Å²) >= 11 is 5.89. The molecule has 2 N–H and O–H groups in total. The number of carbonyl (C=O) groups excluding carboxylic acids is 2. The van der Waals surface area contributed by atoms with Crippen LogP contribution in [0.1, 0.15) is 17.5 Å². The number of benzene rings is 2. The number of rotatable bonds is 8. The van der Waals surface area contributed by atoms with Crippen LogP contribution >= 0.6 is 11.6 Å². The van der Waals surface area contributed by atoms with E-state index in [1.165, 1.54) is 6.07 Å². The minimum Gasteiger partial charge on any atom is -0.355 e. The first-order chi connectivity index (χ1) is 12.0. The van der Waals surface area contributed by atoms with Gasteiger partial charge in [0, 0.05) is 18.1 Å². The fourth-order valence-electron chi connectivity index (χ4n) is 2.35. The molecule has 0 fully saturated rings. The minimum atomic E-state index is -0.378. The van der Waals surface area contributed by atoms with Gasteiger partial charge in [0.15, 0.2) is 0 Å². The molecule has 0 atom stereocenters. The third-order valence-corrected chi connectivity index (χ3v) is 3.86. The van der Waals surface area contributed by atoms with Gasteiger partial charge in [-0.1, -0.05) is 41.9 Å². The molecule has 0 aliphatic heterocycles. The highest BCUT2D eigenvalue weighted by Crippen LogP contribution is 2.10.